The van der Waals surface area contributed by atoms with Crippen molar-refractivity contribution in [1.29, 1.82) is 0 Å². The van der Waals surface area contributed by atoms with Crippen LogP contribution in [0.2, 0.25) is 5.02 Å². The Bertz CT molecular complexity index is 699. The summed E-state index contributed by atoms with van der Waals surface area (Å²) in [6, 6.07) is 13.5. The van der Waals surface area contributed by atoms with Gasteiger partial charge in [0.1, 0.15) is 0 Å². The van der Waals surface area contributed by atoms with E-state index in [1.165, 1.54) is 0 Å². The van der Waals surface area contributed by atoms with E-state index in [0.717, 1.165) is 11.1 Å². The summed E-state index contributed by atoms with van der Waals surface area (Å²) in [6.45, 7) is 1.92. The van der Waals surface area contributed by atoms with Gasteiger partial charge in [-0.3, -0.25) is 0 Å². The Labute approximate surface area is 138 Å². The number of hydrogen-bond acceptors (Lipinski definition) is 2. The van der Waals surface area contributed by atoms with Gasteiger partial charge in [0.15, 0.2) is 0 Å². The van der Waals surface area contributed by atoms with Crippen LogP contribution in [0.5, 0.6) is 0 Å². The number of rotatable bonds is 5. The Kier molecular flexibility index (Phi) is 5.43. The minimum atomic E-state index is -3.56. The number of sulfonamides is 1. The summed E-state index contributed by atoms with van der Waals surface area (Å²) in [5.41, 5.74) is 1.87. The van der Waals surface area contributed by atoms with E-state index in [-0.39, 0.29) is 10.9 Å². The topological polar surface area (TPSA) is 46.2 Å². The van der Waals surface area contributed by atoms with E-state index in [9.17, 15) is 8.42 Å². The third-order valence-corrected chi connectivity index (χ3v) is 5.44. The fourth-order valence-electron chi connectivity index (χ4n) is 1.86. The number of alkyl halides is 1. The molecule has 2 aromatic carbocycles. The van der Waals surface area contributed by atoms with Crippen molar-refractivity contribution in [2.45, 2.75) is 17.9 Å². The molecule has 2 rings (SSSR count). The Morgan fingerprint density at radius 1 is 1.10 bits per heavy atom. The molecule has 0 saturated carbocycles. The molecule has 0 aromatic heterocycles. The molecule has 1 unspecified atom stereocenters. The van der Waals surface area contributed by atoms with Crippen LogP contribution in [0.4, 0.5) is 0 Å². The largest absolute Gasteiger partial charge is 0.241 e. The Morgan fingerprint density at radius 3 is 2.19 bits per heavy atom. The SMILES string of the molecule is Cc1ccc(S(=O)(=O)NC(CBr)c2ccc(Cl)cc2)cc1. The molecule has 0 spiro atoms. The molecular weight excluding hydrogens is 374 g/mol. The molecule has 0 bridgehead atoms. The molecule has 112 valence electrons. The summed E-state index contributed by atoms with van der Waals surface area (Å²) in [4.78, 5) is 0.257. The third kappa shape index (κ3) is 4.30. The van der Waals surface area contributed by atoms with Gasteiger partial charge in [-0.05, 0) is 36.8 Å². The van der Waals surface area contributed by atoms with Crippen LogP contribution in [0, 0.1) is 6.92 Å². The lowest BCUT2D eigenvalue weighted by molar-refractivity contribution is 0.569. The van der Waals surface area contributed by atoms with Gasteiger partial charge in [-0.1, -0.05) is 57.4 Å². The minimum Gasteiger partial charge on any atom is -0.207 e. The van der Waals surface area contributed by atoms with E-state index < -0.39 is 10.0 Å². The van der Waals surface area contributed by atoms with Crippen LogP contribution in [0.1, 0.15) is 17.2 Å². The Balaban J connectivity index is 2.24. The highest BCUT2D eigenvalue weighted by Crippen LogP contribution is 2.21. The van der Waals surface area contributed by atoms with E-state index in [2.05, 4.69) is 20.7 Å². The first kappa shape index (κ1) is 16.5. The smallest absolute Gasteiger partial charge is 0.207 e. The molecule has 0 saturated heterocycles. The summed E-state index contributed by atoms with van der Waals surface area (Å²) in [7, 11) is -3.56. The fraction of sp³-hybridized carbons (Fsp3) is 0.200. The van der Waals surface area contributed by atoms with Gasteiger partial charge in [0, 0.05) is 10.4 Å². The van der Waals surface area contributed by atoms with Gasteiger partial charge >= 0.3 is 0 Å². The average Bonchev–Trinajstić information content (AvgIpc) is 2.46. The number of nitrogens with one attached hydrogen (secondary N) is 1. The number of aryl methyl sites for hydroxylation is 1. The molecule has 0 aliphatic carbocycles. The molecule has 2 aromatic rings. The number of benzene rings is 2. The van der Waals surface area contributed by atoms with Crippen molar-refractivity contribution < 1.29 is 8.42 Å². The van der Waals surface area contributed by atoms with Crippen LogP contribution >= 0.6 is 27.5 Å². The van der Waals surface area contributed by atoms with Crippen molar-refractivity contribution in [3.63, 3.8) is 0 Å². The molecule has 3 nitrogen and oxygen atoms in total. The fourth-order valence-corrected chi connectivity index (χ4v) is 3.96. The van der Waals surface area contributed by atoms with E-state index in [0.29, 0.717) is 10.4 Å². The third-order valence-electron chi connectivity index (χ3n) is 3.06. The first-order chi connectivity index (χ1) is 9.92. The number of halogens is 2. The molecule has 1 N–H and O–H groups in total. The van der Waals surface area contributed by atoms with Crippen molar-refractivity contribution >= 4 is 37.6 Å². The monoisotopic (exact) mass is 387 g/mol. The summed E-state index contributed by atoms with van der Waals surface area (Å²) >= 11 is 9.20. The zero-order chi connectivity index (χ0) is 15.5. The molecule has 6 heteroatoms. The van der Waals surface area contributed by atoms with Crippen molar-refractivity contribution in [1.82, 2.24) is 4.72 Å². The van der Waals surface area contributed by atoms with Crippen molar-refractivity contribution in [2.75, 3.05) is 5.33 Å². The van der Waals surface area contributed by atoms with Crippen LogP contribution in [-0.2, 0) is 10.0 Å². The summed E-state index contributed by atoms with van der Waals surface area (Å²) in [5, 5.41) is 1.09. The highest BCUT2D eigenvalue weighted by atomic mass is 79.9. The van der Waals surface area contributed by atoms with Crippen molar-refractivity contribution in [3.8, 4) is 0 Å². The van der Waals surface area contributed by atoms with E-state index in [1.54, 1.807) is 36.4 Å². The second-order valence-electron chi connectivity index (χ2n) is 4.69. The van der Waals surface area contributed by atoms with Crippen molar-refractivity contribution in [2.24, 2.45) is 0 Å². The Morgan fingerprint density at radius 2 is 1.67 bits per heavy atom. The summed E-state index contributed by atoms with van der Waals surface area (Å²) < 4.78 is 27.5. The predicted octanol–water partition coefficient (Wildman–Crippen LogP) is 4.06. The maximum absolute atomic E-state index is 12.4. The van der Waals surface area contributed by atoms with Crippen LogP contribution in [-0.4, -0.2) is 13.7 Å². The van der Waals surface area contributed by atoms with Gasteiger partial charge in [-0.15, -0.1) is 0 Å². The molecule has 1 atom stereocenters. The maximum atomic E-state index is 12.4. The highest BCUT2D eigenvalue weighted by molar-refractivity contribution is 9.09. The van der Waals surface area contributed by atoms with Crippen LogP contribution in [0.3, 0.4) is 0 Å². The minimum absolute atomic E-state index is 0.257. The first-order valence-electron chi connectivity index (χ1n) is 6.33. The van der Waals surface area contributed by atoms with E-state index >= 15 is 0 Å². The molecular formula is C15H15BrClNO2S. The van der Waals surface area contributed by atoms with Crippen LogP contribution < -0.4 is 4.72 Å². The summed E-state index contributed by atoms with van der Waals surface area (Å²) in [5.74, 6) is 0. The predicted molar refractivity (Wildman–Crippen MR) is 89.5 cm³/mol. The lowest BCUT2D eigenvalue weighted by atomic mass is 10.1. The van der Waals surface area contributed by atoms with Gasteiger partial charge in [-0.2, -0.15) is 0 Å². The number of hydrogen-bond donors (Lipinski definition) is 1. The van der Waals surface area contributed by atoms with Gasteiger partial charge in [0.2, 0.25) is 10.0 Å². The normalized spacial score (nSPS) is 13.1. The molecule has 21 heavy (non-hydrogen) atoms. The molecule has 0 radical (unpaired) electrons. The van der Waals surface area contributed by atoms with Gasteiger partial charge in [0.25, 0.3) is 0 Å². The van der Waals surface area contributed by atoms with E-state index in [1.807, 2.05) is 19.1 Å². The summed E-state index contributed by atoms with van der Waals surface area (Å²) in [6.07, 6.45) is 0. The lowest BCUT2D eigenvalue weighted by Crippen LogP contribution is -2.29. The second-order valence-corrected chi connectivity index (χ2v) is 7.49. The quantitative estimate of drug-likeness (QED) is 0.785. The second kappa shape index (κ2) is 6.92. The lowest BCUT2D eigenvalue weighted by Gasteiger charge is -2.17. The van der Waals surface area contributed by atoms with Gasteiger partial charge in [-0.25, -0.2) is 13.1 Å². The van der Waals surface area contributed by atoms with Crippen molar-refractivity contribution in [3.05, 3.63) is 64.7 Å². The zero-order valence-electron chi connectivity index (χ0n) is 11.4. The highest BCUT2D eigenvalue weighted by Gasteiger charge is 2.20. The molecule has 0 amide bonds. The zero-order valence-corrected chi connectivity index (χ0v) is 14.5. The standard InChI is InChI=1S/C15H15BrClNO2S/c1-11-2-8-14(9-3-11)21(19,20)18-15(10-16)12-4-6-13(17)7-5-12/h2-9,15,18H,10H2,1H3. The van der Waals surface area contributed by atoms with E-state index in [4.69, 9.17) is 11.6 Å². The van der Waals surface area contributed by atoms with Gasteiger partial charge < -0.3 is 0 Å². The maximum Gasteiger partial charge on any atom is 0.241 e. The molecule has 0 fully saturated rings. The van der Waals surface area contributed by atoms with Crippen LogP contribution in [0.15, 0.2) is 53.4 Å². The molecule has 0 aliphatic rings. The molecule has 0 aliphatic heterocycles. The Hall–Kier alpha value is -0.880. The van der Waals surface area contributed by atoms with Crippen LogP contribution in [0.25, 0.3) is 0 Å². The molecule has 0 heterocycles. The first-order valence-corrected chi connectivity index (χ1v) is 9.31. The van der Waals surface area contributed by atoms with Gasteiger partial charge in [0.05, 0.1) is 10.9 Å². The average molecular weight is 389 g/mol.